The zero-order valence-electron chi connectivity index (χ0n) is 4.83. The van der Waals surface area contributed by atoms with Gasteiger partial charge in [-0.1, -0.05) is 0 Å². The first-order chi connectivity index (χ1) is 3.84. The van der Waals surface area contributed by atoms with Gasteiger partial charge in [-0.15, -0.1) is 0 Å². The smallest absolute Gasteiger partial charge is 0.109 e. The first-order valence-electron chi connectivity index (χ1n) is 2.63. The maximum atomic E-state index is 8.94. The Kier molecular flexibility index (Phi) is 1.83. The lowest BCUT2D eigenvalue weighted by molar-refractivity contribution is 0.0209. The van der Waals surface area contributed by atoms with Crippen molar-refractivity contribution in [3.05, 3.63) is 0 Å². The zero-order chi connectivity index (χ0) is 5.98. The lowest BCUT2D eigenvalue weighted by Crippen LogP contribution is -2.25. The summed E-state index contributed by atoms with van der Waals surface area (Å²) >= 11 is 0. The van der Waals surface area contributed by atoms with Crippen LogP contribution in [0.4, 0.5) is 0 Å². The largest absolute Gasteiger partial charge is 0.388 e. The van der Waals surface area contributed by atoms with Gasteiger partial charge in [-0.25, -0.2) is 0 Å². The lowest BCUT2D eigenvalue weighted by atomic mass is 10.3. The number of ether oxygens (including phenoxy) is 2. The van der Waals surface area contributed by atoms with E-state index in [1.165, 1.54) is 0 Å². The highest BCUT2D eigenvalue weighted by Gasteiger charge is 2.25. The summed E-state index contributed by atoms with van der Waals surface area (Å²) < 4.78 is 9.73. The molecule has 0 spiro atoms. The molecule has 0 saturated carbocycles. The summed E-state index contributed by atoms with van der Waals surface area (Å²) in [5, 5.41) is 8.94. The number of rotatable bonds is 1. The Bertz CT molecular complexity index is 74.1. The Morgan fingerprint density at radius 3 is 2.62 bits per heavy atom. The summed E-state index contributed by atoms with van der Waals surface area (Å²) in [6.07, 6.45) is -0.519. The van der Waals surface area contributed by atoms with Crippen LogP contribution in [0, 0.1) is 0 Å². The van der Waals surface area contributed by atoms with Crippen molar-refractivity contribution in [1.82, 2.24) is 0 Å². The Morgan fingerprint density at radius 2 is 2.38 bits per heavy atom. The van der Waals surface area contributed by atoms with Crippen molar-refractivity contribution in [1.29, 1.82) is 0 Å². The Balaban J connectivity index is 2.30. The van der Waals surface area contributed by atoms with Crippen molar-refractivity contribution in [2.75, 3.05) is 20.3 Å². The molecule has 3 nitrogen and oxygen atoms in total. The minimum absolute atomic E-state index is 0.102. The summed E-state index contributed by atoms with van der Waals surface area (Å²) in [4.78, 5) is 0. The lowest BCUT2D eigenvalue weighted by Gasteiger charge is -2.07. The summed E-state index contributed by atoms with van der Waals surface area (Å²) in [6, 6.07) is 0. The van der Waals surface area contributed by atoms with E-state index in [0.717, 1.165) is 0 Å². The van der Waals surface area contributed by atoms with E-state index in [9.17, 15) is 0 Å². The molecule has 2 atom stereocenters. The molecule has 0 aromatic heterocycles. The molecule has 1 heterocycles. The van der Waals surface area contributed by atoms with E-state index >= 15 is 0 Å². The van der Waals surface area contributed by atoms with Crippen LogP contribution in [-0.2, 0) is 9.47 Å². The highest BCUT2D eigenvalue weighted by atomic mass is 16.6. The number of methoxy groups -OCH3 is 1. The van der Waals surface area contributed by atoms with Crippen LogP contribution < -0.4 is 0 Å². The van der Waals surface area contributed by atoms with Crippen LogP contribution in [0.3, 0.4) is 0 Å². The van der Waals surface area contributed by atoms with Gasteiger partial charge < -0.3 is 14.6 Å². The summed E-state index contributed by atoms with van der Waals surface area (Å²) in [5.74, 6) is 0. The third-order valence-corrected chi connectivity index (χ3v) is 1.30. The summed E-state index contributed by atoms with van der Waals surface area (Å²) in [5.41, 5.74) is 0. The second-order valence-electron chi connectivity index (χ2n) is 1.88. The van der Waals surface area contributed by atoms with Crippen molar-refractivity contribution in [3.63, 3.8) is 0 Å². The number of hydrogen-bond acceptors (Lipinski definition) is 3. The molecule has 1 aliphatic heterocycles. The van der Waals surface area contributed by atoms with Crippen LogP contribution in [0.1, 0.15) is 0 Å². The second-order valence-corrected chi connectivity index (χ2v) is 1.88. The standard InChI is InChI=1S/C5H10O3/c1-7-5-3-8-2-4(5)6/h4-6H,2-3H2,1H3/t4?,5-/m1/s1. The average Bonchev–Trinajstić information content (AvgIpc) is 2.14. The fourth-order valence-electron chi connectivity index (χ4n) is 0.748. The van der Waals surface area contributed by atoms with Gasteiger partial charge in [-0.3, -0.25) is 0 Å². The fraction of sp³-hybridized carbons (Fsp3) is 1.00. The molecule has 0 aliphatic carbocycles. The maximum absolute atomic E-state index is 8.94. The van der Waals surface area contributed by atoms with Crippen LogP contribution in [0.15, 0.2) is 0 Å². The van der Waals surface area contributed by atoms with Crippen LogP contribution in [0.5, 0.6) is 0 Å². The average molecular weight is 118 g/mol. The van der Waals surface area contributed by atoms with Crippen molar-refractivity contribution < 1.29 is 14.6 Å². The van der Waals surface area contributed by atoms with Crippen molar-refractivity contribution in [2.24, 2.45) is 0 Å². The highest BCUT2D eigenvalue weighted by molar-refractivity contribution is 4.73. The van der Waals surface area contributed by atoms with Crippen LogP contribution in [0.2, 0.25) is 0 Å². The Hall–Kier alpha value is -0.120. The summed E-state index contributed by atoms with van der Waals surface area (Å²) in [7, 11) is 1.57. The minimum atomic E-state index is -0.417. The van der Waals surface area contributed by atoms with Gasteiger partial charge in [0.05, 0.1) is 13.2 Å². The highest BCUT2D eigenvalue weighted by Crippen LogP contribution is 2.07. The third-order valence-electron chi connectivity index (χ3n) is 1.30. The molecule has 1 fully saturated rings. The van der Waals surface area contributed by atoms with E-state index in [4.69, 9.17) is 14.6 Å². The maximum Gasteiger partial charge on any atom is 0.109 e. The molecule has 8 heavy (non-hydrogen) atoms. The molecule has 0 radical (unpaired) electrons. The molecular formula is C5H10O3. The molecule has 0 aromatic rings. The van der Waals surface area contributed by atoms with E-state index in [-0.39, 0.29) is 6.10 Å². The molecule has 1 N–H and O–H groups in total. The van der Waals surface area contributed by atoms with Crippen molar-refractivity contribution in [3.8, 4) is 0 Å². The van der Waals surface area contributed by atoms with Crippen molar-refractivity contribution >= 4 is 0 Å². The number of aliphatic hydroxyl groups excluding tert-OH is 1. The van der Waals surface area contributed by atoms with Gasteiger partial charge in [0.25, 0.3) is 0 Å². The van der Waals surface area contributed by atoms with Crippen LogP contribution in [-0.4, -0.2) is 37.6 Å². The van der Waals surface area contributed by atoms with Crippen molar-refractivity contribution in [2.45, 2.75) is 12.2 Å². The van der Waals surface area contributed by atoms with Gasteiger partial charge >= 0.3 is 0 Å². The van der Waals surface area contributed by atoms with E-state index in [1.807, 2.05) is 0 Å². The Morgan fingerprint density at radius 1 is 1.62 bits per heavy atom. The minimum Gasteiger partial charge on any atom is -0.388 e. The topological polar surface area (TPSA) is 38.7 Å². The third kappa shape index (κ3) is 0.992. The van der Waals surface area contributed by atoms with Gasteiger partial charge in [0.1, 0.15) is 12.2 Å². The van der Waals surface area contributed by atoms with Gasteiger partial charge in [-0.2, -0.15) is 0 Å². The van der Waals surface area contributed by atoms with Gasteiger partial charge in [0, 0.05) is 7.11 Å². The van der Waals surface area contributed by atoms with Gasteiger partial charge in [0.2, 0.25) is 0 Å². The molecule has 1 saturated heterocycles. The molecule has 0 bridgehead atoms. The van der Waals surface area contributed by atoms with Gasteiger partial charge in [-0.05, 0) is 0 Å². The molecule has 48 valence electrons. The zero-order valence-corrected chi connectivity index (χ0v) is 4.83. The number of aliphatic hydroxyl groups is 1. The monoisotopic (exact) mass is 118 g/mol. The second kappa shape index (κ2) is 2.44. The van der Waals surface area contributed by atoms with Gasteiger partial charge in [0.15, 0.2) is 0 Å². The van der Waals surface area contributed by atoms with Crippen LogP contribution >= 0.6 is 0 Å². The predicted molar refractivity (Wildman–Crippen MR) is 27.6 cm³/mol. The molecule has 1 rings (SSSR count). The quantitative estimate of drug-likeness (QED) is 0.499. The van der Waals surface area contributed by atoms with E-state index in [2.05, 4.69) is 0 Å². The molecule has 1 aliphatic rings. The van der Waals surface area contributed by atoms with E-state index in [0.29, 0.717) is 13.2 Å². The molecular weight excluding hydrogens is 108 g/mol. The molecule has 1 unspecified atom stereocenters. The molecule has 0 amide bonds. The SMILES string of the molecule is CO[C@@H]1COCC1O. The summed E-state index contributed by atoms with van der Waals surface area (Å²) in [6.45, 7) is 0.941. The Labute approximate surface area is 48.2 Å². The van der Waals surface area contributed by atoms with E-state index < -0.39 is 6.10 Å². The number of hydrogen-bond donors (Lipinski definition) is 1. The first kappa shape index (κ1) is 6.01. The first-order valence-corrected chi connectivity index (χ1v) is 2.63. The predicted octanol–water partition coefficient (Wildman–Crippen LogP) is -0.608. The van der Waals surface area contributed by atoms with Crippen LogP contribution in [0.25, 0.3) is 0 Å². The fourth-order valence-corrected chi connectivity index (χ4v) is 0.748. The normalized spacial score (nSPS) is 38.2. The van der Waals surface area contributed by atoms with E-state index in [1.54, 1.807) is 7.11 Å². The molecule has 0 aromatic carbocycles. The molecule has 3 heteroatoms.